The van der Waals surface area contributed by atoms with E-state index in [0.717, 1.165) is 19.4 Å². The zero-order valence-corrected chi connectivity index (χ0v) is 13.9. The van der Waals surface area contributed by atoms with Crippen LogP contribution in [0, 0.1) is 5.92 Å². The van der Waals surface area contributed by atoms with Crippen molar-refractivity contribution in [2.75, 3.05) is 26.2 Å². The molecule has 2 saturated heterocycles. The molecule has 2 aliphatic rings. The molecule has 0 aromatic rings. The minimum Gasteiger partial charge on any atom is -0.444 e. The first kappa shape index (κ1) is 17.1. The van der Waals surface area contributed by atoms with Gasteiger partial charge in [0.05, 0.1) is 6.10 Å². The molecule has 0 aromatic carbocycles. The van der Waals surface area contributed by atoms with Crippen molar-refractivity contribution in [3.05, 3.63) is 0 Å². The quantitative estimate of drug-likeness (QED) is 0.864. The summed E-state index contributed by atoms with van der Waals surface area (Å²) in [5, 5.41) is 2.98. The van der Waals surface area contributed by atoms with Gasteiger partial charge in [-0.3, -0.25) is 4.79 Å². The van der Waals surface area contributed by atoms with Gasteiger partial charge in [-0.2, -0.15) is 0 Å². The number of nitrogens with zero attached hydrogens (tertiary/aromatic N) is 1. The van der Waals surface area contributed by atoms with Crippen molar-refractivity contribution in [1.29, 1.82) is 0 Å². The first-order valence-electron chi connectivity index (χ1n) is 8.22. The lowest BCUT2D eigenvalue weighted by Crippen LogP contribution is -2.45. The largest absolute Gasteiger partial charge is 0.444 e. The number of rotatable bonds is 3. The Morgan fingerprint density at radius 3 is 2.45 bits per heavy atom. The Morgan fingerprint density at radius 1 is 1.23 bits per heavy atom. The molecule has 0 saturated carbocycles. The molecule has 0 radical (unpaired) electrons. The van der Waals surface area contributed by atoms with Crippen LogP contribution >= 0.6 is 0 Å². The lowest BCUT2D eigenvalue weighted by molar-refractivity contribution is -0.127. The van der Waals surface area contributed by atoms with Gasteiger partial charge in [-0.15, -0.1) is 0 Å². The molecule has 0 bridgehead atoms. The van der Waals surface area contributed by atoms with E-state index < -0.39 is 5.60 Å². The highest BCUT2D eigenvalue weighted by Crippen LogP contribution is 2.20. The van der Waals surface area contributed by atoms with E-state index in [1.54, 1.807) is 4.90 Å². The van der Waals surface area contributed by atoms with Crippen LogP contribution in [-0.4, -0.2) is 54.8 Å². The predicted octanol–water partition coefficient (Wildman–Crippen LogP) is 1.93. The molecule has 126 valence electrons. The Morgan fingerprint density at radius 2 is 1.91 bits per heavy atom. The molecule has 0 aromatic heterocycles. The summed E-state index contributed by atoms with van der Waals surface area (Å²) in [7, 11) is 0. The van der Waals surface area contributed by atoms with E-state index in [1.165, 1.54) is 0 Å². The average Bonchev–Trinajstić information content (AvgIpc) is 2.96. The number of ether oxygens (including phenoxy) is 2. The van der Waals surface area contributed by atoms with Crippen LogP contribution in [0.3, 0.4) is 0 Å². The van der Waals surface area contributed by atoms with Crippen molar-refractivity contribution in [2.45, 2.75) is 58.2 Å². The molecule has 2 heterocycles. The summed E-state index contributed by atoms with van der Waals surface area (Å²) in [4.78, 5) is 25.8. The molecule has 0 spiro atoms. The van der Waals surface area contributed by atoms with E-state index in [0.29, 0.717) is 32.5 Å². The van der Waals surface area contributed by atoms with Gasteiger partial charge in [0.1, 0.15) is 5.60 Å². The first-order chi connectivity index (χ1) is 10.3. The van der Waals surface area contributed by atoms with Gasteiger partial charge in [-0.1, -0.05) is 0 Å². The van der Waals surface area contributed by atoms with E-state index >= 15 is 0 Å². The molecule has 22 heavy (non-hydrogen) atoms. The summed E-state index contributed by atoms with van der Waals surface area (Å²) in [6.45, 7) is 8.13. The number of hydrogen-bond donors (Lipinski definition) is 1. The molecule has 0 unspecified atom stereocenters. The molecule has 0 aliphatic carbocycles. The normalized spacial score (nSPS) is 23.4. The Hall–Kier alpha value is -1.30. The fourth-order valence-electron chi connectivity index (χ4n) is 2.81. The SMILES string of the molecule is CC(C)(C)OC(=O)N1CCC(C(=O)NC[C@H]2CCCO2)CC1. The smallest absolute Gasteiger partial charge is 0.410 e. The van der Waals surface area contributed by atoms with E-state index in [9.17, 15) is 9.59 Å². The zero-order chi connectivity index (χ0) is 16.2. The average molecular weight is 312 g/mol. The van der Waals surface area contributed by atoms with Crippen LogP contribution in [0.4, 0.5) is 4.79 Å². The van der Waals surface area contributed by atoms with Gasteiger partial charge in [0.2, 0.25) is 5.91 Å². The zero-order valence-electron chi connectivity index (χ0n) is 13.9. The van der Waals surface area contributed by atoms with Gasteiger partial charge < -0.3 is 19.7 Å². The third-order valence-corrected chi connectivity index (χ3v) is 4.05. The van der Waals surface area contributed by atoms with Crippen LogP contribution in [0.15, 0.2) is 0 Å². The fraction of sp³-hybridized carbons (Fsp3) is 0.875. The van der Waals surface area contributed by atoms with Crippen molar-refractivity contribution in [1.82, 2.24) is 10.2 Å². The third-order valence-electron chi connectivity index (χ3n) is 4.05. The van der Waals surface area contributed by atoms with Crippen molar-refractivity contribution in [3.8, 4) is 0 Å². The molecule has 2 amide bonds. The Balaban J connectivity index is 1.69. The Bertz CT molecular complexity index is 391. The summed E-state index contributed by atoms with van der Waals surface area (Å²) in [6.07, 6.45) is 3.37. The summed E-state index contributed by atoms with van der Waals surface area (Å²) >= 11 is 0. The Labute approximate surface area is 132 Å². The van der Waals surface area contributed by atoms with Crippen LogP contribution in [0.5, 0.6) is 0 Å². The molecule has 2 rings (SSSR count). The molecular weight excluding hydrogens is 284 g/mol. The summed E-state index contributed by atoms with van der Waals surface area (Å²) < 4.78 is 10.9. The van der Waals surface area contributed by atoms with Crippen LogP contribution < -0.4 is 5.32 Å². The summed E-state index contributed by atoms with van der Waals surface area (Å²) in [5.41, 5.74) is -0.480. The van der Waals surface area contributed by atoms with E-state index in [4.69, 9.17) is 9.47 Å². The molecule has 6 nitrogen and oxygen atoms in total. The summed E-state index contributed by atoms with van der Waals surface area (Å²) in [6, 6.07) is 0. The van der Waals surface area contributed by atoms with Crippen molar-refractivity contribution < 1.29 is 19.1 Å². The molecule has 2 fully saturated rings. The number of piperidine rings is 1. The van der Waals surface area contributed by atoms with Crippen molar-refractivity contribution in [2.24, 2.45) is 5.92 Å². The second-order valence-electron chi connectivity index (χ2n) is 7.12. The van der Waals surface area contributed by atoms with Gasteiger partial charge in [-0.25, -0.2) is 4.79 Å². The maximum absolute atomic E-state index is 12.2. The Kier molecular flexibility index (Phi) is 5.67. The highest BCUT2D eigenvalue weighted by atomic mass is 16.6. The molecule has 1 atom stereocenters. The fourth-order valence-corrected chi connectivity index (χ4v) is 2.81. The topological polar surface area (TPSA) is 67.9 Å². The standard InChI is InChI=1S/C16H28N2O4/c1-16(2,3)22-15(20)18-8-6-12(7-9-18)14(19)17-11-13-5-4-10-21-13/h12-13H,4-11H2,1-3H3,(H,17,19)/t13-/m1/s1. The minimum atomic E-state index is -0.480. The molecule has 1 N–H and O–H groups in total. The van der Waals surface area contributed by atoms with Crippen LogP contribution in [0.1, 0.15) is 46.5 Å². The first-order valence-corrected chi connectivity index (χ1v) is 8.22. The third kappa shape index (κ3) is 5.16. The number of carbonyl (C=O) groups is 2. The van der Waals surface area contributed by atoms with Crippen LogP contribution in [0.25, 0.3) is 0 Å². The number of nitrogens with one attached hydrogen (secondary N) is 1. The lowest BCUT2D eigenvalue weighted by Gasteiger charge is -2.33. The number of hydrogen-bond acceptors (Lipinski definition) is 4. The predicted molar refractivity (Wildman–Crippen MR) is 82.5 cm³/mol. The van der Waals surface area contributed by atoms with Crippen LogP contribution in [-0.2, 0) is 14.3 Å². The molecule has 6 heteroatoms. The van der Waals surface area contributed by atoms with Gasteiger partial charge in [0.15, 0.2) is 0 Å². The second kappa shape index (κ2) is 7.31. The second-order valence-corrected chi connectivity index (χ2v) is 7.12. The van der Waals surface area contributed by atoms with Crippen molar-refractivity contribution in [3.63, 3.8) is 0 Å². The summed E-state index contributed by atoms with van der Waals surface area (Å²) in [5.74, 6) is 0.0689. The van der Waals surface area contributed by atoms with Gasteiger partial charge in [-0.05, 0) is 46.5 Å². The van der Waals surface area contributed by atoms with Gasteiger partial charge in [0.25, 0.3) is 0 Å². The molecule has 2 aliphatic heterocycles. The number of amides is 2. The highest BCUT2D eigenvalue weighted by molar-refractivity contribution is 5.79. The number of carbonyl (C=O) groups excluding carboxylic acids is 2. The molecular formula is C16H28N2O4. The number of likely N-dealkylation sites (tertiary alicyclic amines) is 1. The van der Waals surface area contributed by atoms with Gasteiger partial charge in [0, 0.05) is 32.2 Å². The van der Waals surface area contributed by atoms with E-state index in [1.807, 2.05) is 20.8 Å². The van der Waals surface area contributed by atoms with E-state index in [-0.39, 0.29) is 24.0 Å². The van der Waals surface area contributed by atoms with Crippen molar-refractivity contribution >= 4 is 12.0 Å². The van der Waals surface area contributed by atoms with E-state index in [2.05, 4.69) is 5.32 Å². The maximum Gasteiger partial charge on any atom is 0.410 e. The lowest BCUT2D eigenvalue weighted by atomic mass is 9.96. The highest BCUT2D eigenvalue weighted by Gasteiger charge is 2.30. The van der Waals surface area contributed by atoms with Crippen LogP contribution in [0.2, 0.25) is 0 Å². The minimum absolute atomic E-state index is 0.0138. The monoisotopic (exact) mass is 312 g/mol. The maximum atomic E-state index is 12.2. The van der Waals surface area contributed by atoms with Gasteiger partial charge >= 0.3 is 6.09 Å².